The van der Waals surface area contributed by atoms with E-state index in [2.05, 4.69) is 0 Å². The molecule has 1 aliphatic rings. The van der Waals surface area contributed by atoms with E-state index in [-0.39, 0.29) is 0 Å². The van der Waals surface area contributed by atoms with E-state index in [1.807, 2.05) is 0 Å². The van der Waals surface area contributed by atoms with Crippen molar-refractivity contribution in [1.29, 1.82) is 0 Å². The van der Waals surface area contributed by atoms with Gasteiger partial charge in [-0.05, 0) is 0 Å². The zero-order valence-corrected chi connectivity index (χ0v) is 8.85. The summed E-state index contributed by atoms with van der Waals surface area (Å²) in [5.74, 6) is -0.883. The maximum atomic E-state index is 12.1. The molecule has 0 aromatic carbocycles. The van der Waals surface area contributed by atoms with Crippen LogP contribution in [0.1, 0.15) is 0 Å². The molecule has 0 nitrogen and oxygen atoms in total. The SMILES string of the molecule is F[C]1=CC=C(F)[C](F)=[Tl]1. The molecule has 1 aliphatic heterocycles. The van der Waals surface area contributed by atoms with E-state index in [0.29, 0.717) is 0 Å². The monoisotopic (exact) mass is 324 g/mol. The molecule has 9 heavy (non-hydrogen) atoms. The predicted octanol–water partition coefficient (Wildman–Crippen LogP) is 1.47. The molecule has 0 saturated carbocycles. The van der Waals surface area contributed by atoms with Crippen LogP contribution in [-0.4, -0.2) is 27.1 Å². The second kappa shape index (κ2) is 2.76. The Kier molecular flexibility index (Phi) is 2.20. The molecule has 1 heterocycles. The first-order valence-corrected chi connectivity index (χ1v) is 6.79. The van der Waals surface area contributed by atoms with Crippen molar-refractivity contribution in [2.45, 2.75) is 0 Å². The summed E-state index contributed by atoms with van der Waals surface area (Å²) in [7, 11) is 0. The molecule has 0 bridgehead atoms. The summed E-state index contributed by atoms with van der Waals surface area (Å²) in [4.78, 5) is 0. The van der Waals surface area contributed by atoms with Gasteiger partial charge in [0.25, 0.3) is 0 Å². The predicted molar refractivity (Wildman–Crippen MR) is 30.3 cm³/mol. The standard InChI is InChI=1S/C5H2F3.Tl/c6-3-1-2-5(8)4-7;/h1-2H;. The van der Waals surface area contributed by atoms with Crippen molar-refractivity contribution in [3.63, 3.8) is 0 Å². The zero-order valence-electron chi connectivity index (χ0n) is 4.37. The van der Waals surface area contributed by atoms with Crippen molar-refractivity contribution in [2.75, 3.05) is 0 Å². The molecule has 0 aromatic rings. The van der Waals surface area contributed by atoms with Crippen molar-refractivity contribution in [3.8, 4) is 0 Å². The minimum absolute atomic E-state index is 0.436. The van der Waals surface area contributed by atoms with E-state index in [0.717, 1.165) is 12.2 Å². The third-order valence-electron chi connectivity index (χ3n) is 0.882. The van der Waals surface area contributed by atoms with Gasteiger partial charge in [0.15, 0.2) is 0 Å². The van der Waals surface area contributed by atoms with Crippen molar-refractivity contribution in [1.82, 2.24) is 0 Å². The van der Waals surface area contributed by atoms with Gasteiger partial charge >= 0.3 is 61.6 Å². The van der Waals surface area contributed by atoms with Crippen molar-refractivity contribution >= 4 is 27.1 Å². The third kappa shape index (κ3) is 1.74. The van der Waals surface area contributed by atoms with Gasteiger partial charge in [0, 0.05) is 0 Å². The van der Waals surface area contributed by atoms with E-state index in [1.54, 1.807) is 0 Å². The maximum absolute atomic E-state index is 12.1. The van der Waals surface area contributed by atoms with Crippen LogP contribution in [0.4, 0.5) is 13.2 Å². The second-order valence-corrected chi connectivity index (χ2v) is 6.80. The van der Waals surface area contributed by atoms with Gasteiger partial charge in [0.1, 0.15) is 0 Å². The van der Waals surface area contributed by atoms with Crippen LogP contribution in [0.5, 0.6) is 0 Å². The zero-order chi connectivity index (χ0) is 6.85. The summed E-state index contributed by atoms with van der Waals surface area (Å²) in [5.41, 5.74) is 0. The van der Waals surface area contributed by atoms with Crippen LogP contribution in [0.15, 0.2) is 21.4 Å². The molecule has 1 rings (SSSR count). The van der Waals surface area contributed by atoms with Gasteiger partial charge in [0.05, 0.1) is 0 Å². The van der Waals surface area contributed by atoms with E-state index < -0.39 is 36.3 Å². The van der Waals surface area contributed by atoms with Crippen LogP contribution in [0.25, 0.3) is 0 Å². The average molecular weight is 323 g/mol. The molecular formula is C5H2F3Tl. The van der Waals surface area contributed by atoms with E-state index in [9.17, 15) is 13.2 Å². The Morgan fingerprint density at radius 1 is 1.11 bits per heavy atom. The molecule has 0 aliphatic carbocycles. The minimum atomic E-state index is -2.26. The second-order valence-electron chi connectivity index (χ2n) is 1.56. The number of hydrogen-bond acceptors (Lipinski definition) is 0. The number of rotatable bonds is 0. The van der Waals surface area contributed by atoms with Crippen LogP contribution in [0.2, 0.25) is 0 Å². The number of hydrogen-bond donors (Lipinski definition) is 0. The van der Waals surface area contributed by atoms with E-state index in [4.69, 9.17) is 0 Å². The quantitative estimate of drug-likeness (QED) is 0.592. The van der Waals surface area contributed by atoms with Gasteiger partial charge in [0.2, 0.25) is 0 Å². The Hall–Kier alpha value is 0.0621. The van der Waals surface area contributed by atoms with Crippen molar-refractivity contribution in [3.05, 3.63) is 21.4 Å². The van der Waals surface area contributed by atoms with Gasteiger partial charge in [-0.2, -0.15) is 0 Å². The van der Waals surface area contributed by atoms with E-state index in [1.165, 1.54) is 0 Å². The molecule has 0 unspecified atom stereocenters. The fraction of sp³-hybridized carbons (Fsp3) is 0. The van der Waals surface area contributed by atoms with Gasteiger partial charge in [-0.15, -0.1) is 0 Å². The fourth-order valence-corrected chi connectivity index (χ4v) is 3.07. The van der Waals surface area contributed by atoms with Crippen LogP contribution in [-0.2, 0) is 0 Å². The van der Waals surface area contributed by atoms with Gasteiger partial charge in [-0.25, -0.2) is 0 Å². The molecule has 0 saturated heterocycles. The van der Waals surface area contributed by atoms with Crippen LogP contribution in [0, 0.1) is 0 Å². The first kappa shape index (κ1) is 7.17. The molecule has 0 atom stereocenters. The molecular weight excluding hydrogens is 321 g/mol. The molecule has 0 aromatic heterocycles. The summed E-state index contributed by atoms with van der Waals surface area (Å²) in [6.45, 7) is 0. The van der Waals surface area contributed by atoms with Crippen LogP contribution < -0.4 is 0 Å². The molecule has 4 heteroatoms. The molecule has 46 valence electrons. The first-order valence-electron chi connectivity index (χ1n) is 2.30. The normalized spacial score (nSPS) is 17.4. The van der Waals surface area contributed by atoms with Crippen LogP contribution >= 0.6 is 0 Å². The topological polar surface area (TPSA) is 0 Å². The fourth-order valence-electron chi connectivity index (χ4n) is 0.470. The Labute approximate surface area is 61.7 Å². The summed E-state index contributed by atoms with van der Waals surface area (Å²) < 4.78 is 35.0. The molecule has 0 N–H and O–H groups in total. The molecule has 0 spiro atoms. The Morgan fingerprint density at radius 2 is 1.78 bits per heavy atom. The Morgan fingerprint density at radius 3 is 2.22 bits per heavy atom. The number of halogens is 3. The molecule has 0 radical (unpaired) electrons. The van der Waals surface area contributed by atoms with Crippen molar-refractivity contribution < 1.29 is 13.2 Å². The number of allylic oxidation sites excluding steroid dienone is 3. The average Bonchev–Trinajstić information content (AvgIpc) is 1.80. The van der Waals surface area contributed by atoms with E-state index >= 15 is 0 Å². The Balaban J connectivity index is 2.99. The summed E-state index contributed by atoms with van der Waals surface area (Å²) in [5, 5.41) is 0. The van der Waals surface area contributed by atoms with Crippen molar-refractivity contribution in [2.24, 2.45) is 0 Å². The van der Waals surface area contributed by atoms with Gasteiger partial charge in [-0.3, -0.25) is 0 Å². The Bertz CT molecular complexity index is 214. The van der Waals surface area contributed by atoms with Crippen LogP contribution in [0.3, 0.4) is 0 Å². The first-order chi connectivity index (χ1) is 4.20. The third-order valence-corrected chi connectivity index (χ3v) is 4.76. The molecule has 0 fully saturated rings. The molecule has 0 amide bonds. The summed E-state index contributed by atoms with van der Waals surface area (Å²) >= 11 is -2.26. The van der Waals surface area contributed by atoms with Gasteiger partial charge < -0.3 is 0 Å². The summed E-state index contributed by atoms with van der Waals surface area (Å²) in [6.07, 6.45) is 1.83. The summed E-state index contributed by atoms with van der Waals surface area (Å²) in [6, 6.07) is 0. The van der Waals surface area contributed by atoms with Gasteiger partial charge in [-0.1, -0.05) is 0 Å².